The molecule has 0 atom stereocenters. The van der Waals surface area contributed by atoms with Crippen molar-refractivity contribution in [1.29, 1.82) is 0 Å². The first-order chi connectivity index (χ1) is 9.63. The topological polar surface area (TPSA) is 48.4 Å². The molecule has 0 aliphatic carbocycles. The molecule has 2 rings (SSSR count). The normalized spacial score (nSPS) is 10.6. The number of halogens is 2. The van der Waals surface area contributed by atoms with E-state index in [9.17, 15) is 13.6 Å². The fourth-order valence-electron chi connectivity index (χ4n) is 1.58. The van der Waals surface area contributed by atoms with Gasteiger partial charge in [0.1, 0.15) is 10.7 Å². The van der Waals surface area contributed by atoms with Crippen LogP contribution in [-0.2, 0) is 0 Å². The number of carbonyl (C=O) groups is 1. The van der Waals surface area contributed by atoms with Gasteiger partial charge in [-0.15, -0.1) is 11.3 Å². The van der Waals surface area contributed by atoms with Crippen LogP contribution in [-0.4, -0.2) is 24.5 Å². The first-order valence-electron chi connectivity index (χ1n) is 5.76. The minimum Gasteiger partial charge on any atom is -0.490 e. The Bertz CT molecular complexity index is 601. The van der Waals surface area contributed by atoms with Crippen LogP contribution in [0.2, 0.25) is 0 Å². The van der Waals surface area contributed by atoms with Gasteiger partial charge in [-0.1, -0.05) is 0 Å². The third kappa shape index (κ3) is 3.30. The monoisotopic (exact) mass is 299 g/mol. The Morgan fingerprint density at radius 2 is 2.20 bits per heavy atom. The van der Waals surface area contributed by atoms with Crippen molar-refractivity contribution in [3.8, 4) is 22.1 Å². The lowest BCUT2D eigenvalue weighted by atomic mass is 10.2. The maximum Gasteiger partial charge on any atom is 0.387 e. The van der Waals surface area contributed by atoms with Gasteiger partial charge in [-0.05, 0) is 25.1 Å². The third-order valence-electron chi connectivity index (χ3n) is 2.35. The van der Waals surface area contributed by atoms with Gasteiger partial charge in [-0.3, -0.25) is 4.79 Å². The summed E-state index contributed by atoms with van der Waals surface area (Å²) in [4.78, 5) is 14.7. The largest absolute Gasteiger partial charge is 0.490 e. The van der Waals surface area contributed by atoms with Crippen molar-refractivity contribution in [3.63, 3.8) is 0 Å². The number of alkyl halides is 2. The molecule has 20 heavy (non-hydrogen) atoms. The van der Waals surface area contributed by atoms with Crippen LogP contribution < -0.4 is 9.47 Å². The predicted octanol–water partition coefficient (Wildman–Crippen LogP) is 3.62. The van der Waals surface area contributed by atoms with E-state index in [4.69, 9.17) is 4.74 Å². The molecule has 1 heterocycles. The van der Waals surface area contributed by atoms with E-state index in [-0.39, 0.29) is 11.5 Å². The molecule has 2 aromatic rings. The number of benzene rings is 1. The zero-order valence-corrected chi connectivity index (χ0v) is 11.3. The van der Waals surface area contributed by atoms with Crippen LogP contribution >= 0.6 is 11.3 Å². The summed E-state index contributed by atoms with van der Waals surface area (Å²) in [7, 11) is 0. The molecule has 0 amide bonds. The lowest BCUT2D eigenvalue weighted by molar-refractivity contribution is -0.0514. The summed E-state index contributed by atoms with van der Waals surface area (Å²) >= 11 is 1.29. The maximum atomic E-state index is 12.3. The van der Waals surface area contributed by atoms with Crippen LogP contribution in [0.1, 0.15) is 17.4 Å². The van der Waals surface area contributed by atoms with Gasteiger partial charge in [0.15, 0.2) is 17.8 Å². The quantitative estimate of drug-likeness (QED) is 0.764. The standard InChI is InChI=1S/C13H11F2NO3S/c1-2-18-11-5-8(3-4-10(11)19-13(14)15)12-16-9(6-17)7-20-12/h3-7,13H,2H2,1H3. The van der Waals surface area contributed by atoms with Crippen molar-refractivity contribution in [2.45, 2.75) is 13.5 Å². The lowest BCUT2D eigenvalue weighted by Gasteiger charge is -2.11. The lowest BCUT2D eigenvalue weighted by Crippen LogP contribution is -2.04. The van der Waals surface area contributed by atoms with E-state index in [0.29, 0.717) is 29.2 Å². The van der Waals surface area contributed by atoms with Crippen molar-refractivity contribution in [1.82, 2.24) is 4.98 Å². The van der Waals surface area contributed by atoms with Crippen LogP contribution in [0.4, 0.5) is 8.78 Å². The van der Waals surface area contributed by atoms with Crippen molar-refractivity contribution in [3.05, 3.63) is 29.3 Å². The molecule has 0 unspecified atom stereocenters. The zero-order valence-electron chi connectivity index (χ0n) is 10.5. The Balaban J connectivity index is 2.35. The van der Waals surface area contributed by atoms with Gasteiger partial charge < -0.3 is 9.47 Å². The van der Waals surface area contributed by atoms with Gasteiger partial charge in [0, 0.05) is 10.9 Å². The summed E-state index contributed by atoms with van der Waals surface area (Å²) in [6.45, 7) is -0.852. The summed E-state index contributed by atoms with van der Waals surface area (Å²) in [5.74, 6) is 0.186. The number of aromatic nitrogens is 1. The van der Waals surface area contributed by atoms with Gasteiger partial charge in [0.05, 0.1) is 6.61 Å². The van der Waals surface area contributed by atoms with Crippen molar-refractivity contribution < 1.29 is 23.0 Å². The van der Waals surface area contributed by atoms with Crippen LogP contribution in [0.25, 0.3) is 10.6 Å². The zero-order chi connectivity index (χ0) is 14.5. The molecule has 0 aliphatic heterocycles. The van der Waals surface area contributed by atoms with Crippen LogP contribution in [0, 0.1) is 0 Å². The smallest absolute Gasteiger partial charge is 0.387 e. The molecule has 7 heteroatoms. The number of hydrogen-bond donors (Lipinski definition) is 0. The van der Waals surface area contributed by atoms with Gasteiger partial charge in [-0.25, -0.2) is 4.98 Å². The van der Waals surface area contributed by atoms with E-state index >= 15 is 0 Å². The molecule has 0 saturated carbocycles. The van der Waals surface area contributed by atoms with Gasteiger partial charge in [0.2, 0.25) is 0 Å². The summed E-state index contributed by atoms with van der Waals surface area (Å²) < 4.78 is 34.2. The molecule has 0 bridgehead atoms. The second-order valence-electron chi connectivity index (χ2n) is 3.67. The number of carbonyl (C=O) groups excluding carboxylic acids is 1. The number of nitrogens with zero attached hydrogens (tertiary/aromatic N) is 1. The molecule has 4 nitrogen and oxygen atoms in total. The van der Waals surface area contributed by atoms with Gasteiger partial charge in [-0.2, -0.15) is 8.78 Å². The number of ether oxygens (including phenoxy) is 2. The minimum atomic E-state index is -2.92. The Morgan fingerprint density at radius 1 is 1.40 bits per heavy atom. The summed E-state index contributed by atoms with van der Waals surface area (Å²) in [6.07, 6.45) is 0.651. The molecule has 0 radical (unpaired) electrons. The molecular weight excluding hydrogens is 288 g/mol. The predicted molar refractivity (Wildman–Crippen MR) is 70.7 cm³/mol. The van der Waals surface area contributed by atoms with E-state index in [1.807, 2.05) is 0 Å². The van der Waals surface area contributed by atoms with Gasteiger partial charge >= 0.3 is 6.61 Å². The maximum absolute atomic E-state index is 12.3. The summed E-state index contributed by atoms with van der Waals surface area (Å²) in [5, 5.41) is 2.23. The molecule has 1 aromatic heterocycles. The fraction of sp³-hybridized carbons (Fsp3) is 0.231. The summed E-state index contributed by atoms with van der Waals surface area (Å²) in [5.41, 5.74) is 1.00. The molecule has 0 N–H and O–H groups in total. The highest BCUT2D eigenvalue weighted by Gasteiger charge is 2.13. The molecule has 0 aliphatic rings. The van der Waals surface area contributed by atoms with E-state index < -0.39 is 6.61 Å². The molecule has 1 aromatic carbocycles. The van der Waals surface area contributed by atoms with E-state index in [1.54, 1.807) is 24.4 Å². The average molecular weight is 299 g/mol. The van der Waals surface area contributed by atoms with Crippen molar-refractivity contribution in [2.75, 3.05) is 6.61 Å². The minimum absolute atomic E-state index is 0.0298. The van der Waals surface area contributed by atoms with Crippen molar-refractivity contribution >= 4 is 17.6 Å². The molecule has 0 spiro atoms. The highest BCUT2D eigenvalue weighted by molar-refractivity contribution is 7.13. The number of thiazole rings is 1. The number of aldehydes is 1. The second kappa shape index (κ2) is 6.42. The van der Waals surface area contributed by atoms with Crippen molar-refractivity contribution in [2.24, 2.45) is 0 Å². The first-order valence-corrected chi connectivity index (χ1v) is 6.64. The SMILES string of the molecule is CCOc1cc(-c2nc(C=O)cs2)ccc1OC(F)F. The fourth-order valence-corrected chi connectivity index (χ4v) is 2.34. The molecule has 0 saturated heterocycles. The van der Waals surface area contributed by atoms with E-state index in [2.05, 4.69) is 9.72 Å². The van der Waals surface area contributed by atoms with E-state index in [0.717, 1.165) is 0 Å². The Kier molecular flexibility index (Phi) is 4.62. The first kappa shape index (κ1) is 14.4. The average Bonchev–Trinajstić information content (AvgIpc) is 2.89. The second-order valence-corrected chi connectivity index (χ2v) is 4.53. The van der Waals surface area contributed by atoms with Gasteiger partial charge in [0.25, 0.3) is 0 Å². The highest BCUT2D eigenvalue weighted by Crippen LogP contribution is 2.34. The Hall–Kier alpha value is -2.02. The summed E-state index contributed by atoms with van der Waals surface area (Å²) in [6, 6.07) is 4.55. The molecule has 0 fully saturated rings. The third-order valence-corrected chi connectivity index (χ3v) is 3.26. The molecular formula is C13H11F2NO3S. The molecule has 106 valence electrons. The number of hydrogen-bond acceptors (Lipinski definition) is 5. The highest BCUT2D eigenvalue weighted by atomic mass is 32.1. The number of rotatable bonds is 6. The van der Waals surface area contributed by atoms with Crippen LogP contribution in [0.15, 0.2) is 23.6 Å². The Labute approximate surface area is 118 Å². The Morgan fingerprint density at radius 3 is 2.80 bits per heavy atom. The van der Waals surface area contributed by atoms with Crippen LogP contribution in [0.5, 0.6) is 11.5 Å². The van der Waals surface area contributed by atoms with Crippen LogP contribution in [0.3, 0.4) is 0 Å². The van der Waals surface area contributed by atoms with E-state index in [1.165, 1.54) is 17.4 Å².